The second-order valence-electron chi connectivity index (χ2n) is 4.12. The third kappa shape index (κ3) is 4.80. The molecule has 2 rings (SSSR count). The predicted molar refractivity (Wildman–Crippen MR) is 77.0 cm³/mol. The molecule has 19 heavy (non-hydrogen) atoms. The van der Waals surface area contributed by atoms with Crippen LogP contribution in [0.15, 0.2) is 66.7 Å². The molecule has 0 spiro atoms. The fourth-order valence-electron chi connectivity index (χ4n) is 1.62. The topological polar surface area (TPSA) is 26.3 Å². The van der Waals surface area contributed by atoms with Crippen LogP contribution in [0.4, 0.5) is 0 Å². The van der Waals surface area contributed by atoms with Gasteiger partial charge in [0.2, 0.25) is 0 Å². The van der Waals surface area contributed by atoms with E-state index in [0.29, 0.717) is 13.0 Å². The lowest BCUT2D eigenvalue weighted by molar-refractivity contribution is -0.115. The smallest absolute Gasteiger partial charge is 0.159 e. The molecule has 0 N–H and O–H groups in total. The molecular formula is C17H16O2. The molecule has 0 aliphatic rings. The first-order chi connectivity index (χ1) is 9.34. The van der Waals surface area contributed by atoms with E-state index in [1.807, 2.05) is 66.7 Å². The number of hydrogen-bond donors (Lipinski definition) is 0. The van der Waals surface area contributed by atoms with Crippen molar-refractivity contribution in [1.29, 1.82) is 0 Å². The molecule has 0 unspecified atom stereocenters. The lowest BCUT2D eigenvalue weighted by Gasteiger charge is -2.03. The van der Waals surface area contributed by atoms with Crippen molar-refractivity contribution in [3.05, 3.63) is 72.3 Å². The highest BCUT2D eigenvalue weighted by atomic mass is 16.5. The van der Waals surface area contributed by atoms with Crippen molar-refractivity contribution >= 4 is 11.9 Å². The third-order valence-corrected chi connectivity index (χ3v) is 2.62. The predicted octanol–water partition coefficient (Wildman–Crippen LogP) is 3.74. The van der Waals surface area contributed by atoms with E-state index >= 15 is 0 Å². The van der Waals surface area contributed by atoms with E-state index in [-0.39, 0.29) is 5.78 Å². The molecule has 2 aromatic carbocycles. The molecule has 0 aromatic heterocycles. The van der Waals surface area contributed by atoms with Crippen LogP contribution in [0.25, 0.3) is 6.08 Å². The first-order valence-corrected chi connectivity index (χ1v) is 6.28. The fraction of sp³-hybridized carbons (Fsp3) is 0.118. The Morgan fingerprint density at radius 2 is 1.58 bits per heavy atom. The number of ether oxygens (including phenoxy) is 1. The molecule has 0 saturated carbocycles. The maximum absolute atomic E-state index is 11.6. The minimum absolute atomic E-state index is 0.0692. The van der Waals surface area contributed by atoms with Crippen molar-refractivity contribution in [2.24, 2.45) is 0 Å². The highest BCUT2D eigenvalue weighted by Gasteiger charge is 1.98. The van der Waals surface area contributed by atoms with Gasteiger partial charge in [-0.25, -0.2) is 0 Å². The number of hydrogen-bond acceptors (Lipinski definition) is 2. The molecule has 0 radical (unpaired) electrons. The number of benzene rings is 2. The SMILES string of the molecule is O=C(/C=C/c1ccccc1)CCOc1ccccc1. The molecule has 0 fully saturated rings. The van der Waals surface area contributed by atoms with Crippen LogP contribution in [0, 0.1) is 0 Å². The van der Waals surface area contributed by atoms with Crippen molar-refractivity contribution < 1.29 is 9.53 Å². The Balaban J connectivity index is 1.75. The van der Waals surface area contributed by atoms with Crippen molar-refractivity contribution in [3.63, 3.8) is 0 Å². The third-order valence-electron chi connectivity index (χ3n) is 2.62. The van der Waals surface area contributed by atoms with Gasteiger partial charge in [0.05, 0.1) is 6.61 Å². The molecule has 0 aliphatic heterocycles. The highest BCUT2D eigenvalue weighted by molar-refractivity contribution is 5.93. The number of rotatable bonds is 6. The van der Waals surface area contributed by atoms with Crippen LogP contribution in [0.3, 0.4) is 0 Å². The summed E-state index contributed by atoms with van der Waals surface area (Å²) >= 11 is 0. The van der Waals surface area contributed by atoms with E-state index in [1.165, 1.54) is 0 Å². The minimum Gasteiger partial charge on any atom is -0.493 e. The van der Waals surface area contributed by atoms with Gasteiger partial charge in [0.1, 0.15) is 5.75 Å². The first kappa shape index (κ1) is 13.1. The Morgan fingerprint density at radius 1 is 0.947 bits per heavy atom. The lowest BCUT2D eigenvalue weighted by atomic mass is 10.2. The van der Waals surface area contributed by atoms with Gasteiger partial charge in [0.25, 0.3) is 0 Å². The van der Waals surface area contributed by atoms with E-state index in [2.05, 4.69) is 0 Å². The summed E-state index contributed by atoms with van der Waals surface area (Å²) in [6, 6.07) is 19.3. The Bertz CT molecular complexity index is 530. The number of para-hydroxylation sites is 1. The zero-order chi connectivity index (χ0) is 13.3. The molecule has 0 saturated heterocycles. The van der Waals surface area contributed by atoms with Gasteiger partial charge < -0.3 is 4.74 Å². The van der Waals surface area contributed by atoms with Crippen molar-refractivity contribution in [3.8, 4) is 5.75 Å². The Labute approximate surface area is 113 Å². The fourth-order valence-corrected chi connectivity index (χ4v) is 1.62. The molecule has 2 aromatic rings. The molecule has 0 atom stereocenters. The first-order valence-electron chi connectivity index (χ1n) is 6.28. The van der Waals surface area contributed by atoms with Gasteiger partial charge in [0.15, 0.2) is 5.78 Å². The normalized spacial score (nSPS) is 10.5. The molecule has 0 heterocycles. The van der Waals surface area contributed by atoms with Gasteiger partial charge in [-0.05, 0) is 23.8 Å². The lowest BCUT2D eigenvalue weighted by Crippen LogP contribution is -2.03. The average molecular weight is 252 g/mol. The maximum atomic E-state index is 11.6. The van der Waals surface area contributed by atoms with Crippen LogP contribution in [0.5, 0.6) is 5.75 Å². The average Bonchev–Trinajstić information content (AvgIpc) is 2.47. The Hall–Kier alpha value is -2.35. The van der Waals surface area contributed by atoms with Crippen molar-refractivity contribution in [2.45, 2.75) is 6.42 Å². The van der Waals surface area contributed by atoms with Gasteiger partial charge in [-0.2, -0.15) is 0 Å². The van der Waals surface area contributed by atoms with Crippen molar-refractivity contribution in [1.82, 2.24) is 0 Å². The zero-order valence-electron chi connectivity index (χ0n) is 10.7. The van der Waals surface area contributed by atoms with E-state index < -0.39 is 0 Å². The summed E-state index contributed by atoms with van der Waals surface area (Å²) in [5.41, 5.74) is 1.03. The number of allylic oxidation sites excluding steroid dienone is 1. The van der Waals surface area contributed by atoms with Crippen LogP contribution in [-0.2, 0) is 4.79 Å². The maximum Gasteiger partial charge on any atom is 0.159 e. The molecule has 0 bridgehead atoms. The summed E-state index contributed by atoms with van der Waals surface area (Å²) in [7, 11) is 0. The van der Waals surface area contributed by atoms with Gasteiger partial charge >= 0.3 is 0 Å². The highest BCUT2D eigenvalue weighted by Crippen LogP contribution is 2.08. The summed E-state index contributed by atoms with van der Waals surface area (Å²) in [6.07, 6.45) is 3.81. The van der Waals surface area contributed by atoms with Gasteiger partial charge in [-0.1, -0.05) is 54.6 Å². The standard InChI is InChI=1S/C17H16O2/c18-16(12-11-15-7-3-1-4-8-15)13-14-19-17-9-5-2-6-10-17/h1-12H,13-14H2/b12-11+. The summed E-state index contributed by atoms with van der Waals surface area (Å²) in [5, 5.41) is 0. The number of carbonyl (C=O) groups excluding carboxylic acids is 1. The summed E-state index contributed by atoms with van der Waals surface area (Å²) < 4.78 is 5.47. The quantitative estimate of drug-likeness (QED) is 0.732. The summed E-state index contributed by atoms with van der Waals surface area (Å²) in [6.45, 7) is 0.405. The molecular weight excluding hydrogens is 236 g/mol. The Kier molecular flexibility index (Phi) is 4.94. The minimum atomic E-state index is 0.0692. The van der Waals surface area contributed by atoms with E-state index in [4.69, 9.17) is 4.74 Å². The number of ketones is 1. The number of carbonyl (C=O) groups is 1. The van der Waals surface area contributed by atoms with Gasteiger partial charge in [-0.3, -0.25) is 4.79 Å². The van der Waals surface area contributed by atoms with Crippen LogP contribution in [0.1, 0.15) is 12.0 Å². The monoisotopic (exact) mass is 252 g/mol. The largest absolute Gasteiger partial charge is 0.493 e. The summed E-state index contributed by atoms with van der Waals surface area (Å²) in [5.74, 6) is 0.863. The van der Waals surface area contributed by atoms with E-state index in [1.54, 1.807) is 6.08 Å². The second-order valence-corrected chi connectivity index (χ2v) is 4.12. The summed E-state index contributed by atoms with van der Waals surface area (Å²) in [4.78, 5) is 11.6. The van der Waals surface area contributed by atoms with Crippen LogP contribution < -0.4 is 4.74 Å². The van der Waals surface area contributed by atoms with Crippen LogP contribution >= 0.6 is 0 Å². The van der Waals surface area contributed by atoms with Crippen molar-refractivity contribution in [2.75, 3.05) is 6.61 Å². The van der Waals surface area contributed by atoms with Gasteiger partial charge in [-0.15, -0.1) is 0 Å². The van der Waals surface area contributed by atoms with E-state index in [9.17, 15) is 4.79 Å². The van der Waals surface area contributed by atoms with E-state index in [0.717, 1.165) is 11.3 Å². The molecule has 2 nitrogen and oxygen atoms in total. The molecule has 0 amide bonds. The second kappa shape index (κ2) is 7.17. The van der Waals surface area contributed by atoms with Crippen LogP contribution in [-0.4, -0.2) is 12.4 Å². The zero-order valence-corrected chi connectivity index (χ0v) is 10.7. The Morgan fingerprint density at radius 3 is 2.26 bits per heavy atom. The molecule has 96 valence electrons. The molecule has 0 aliphatic carbocycles. The molecule has 2 heteroatoms. The van der Waals surface area contributed by atoms with Crippen LogP contribution in [0.2, 0.25) is 0 Å². The van der Waals surface area contributed by atoms with Gasteiger partial charge in [0, 0.05) is 6.42 Å².